The molecule has 2 fully saturated rings. The molecule has 4 rings (SSSR count). The standard InChI is InChI=1S/C27H31N3O5/c1-19-22(27(34)30(18-31)23-12-13-25(32)28-26(23)33)6-5-7-24(19)35-17-21-10-8-20(9-11-21)16-29-14-3-2-4-15-29/h5-11,18,23H,2-4,12-17H2,1H3,(H,28,32,33). The lowest BCUT2D eigenvalue weighted by Gasteiger charge is -2.28. The molecule has 0 radical (unpaired) electrons. The van der Waals surface area contributed by atoms with Gasteiger partial charge >= 0.3 is 0 Å². The number of hydrogen-bond donors (Lipinski definition) is 1. The molecular formula is C27H31N3O5. The van der Waals surface area contributed by atoms with Crippen LogP contribution in [0.3, 0.4) is 0 Å². The van der Waals surface area contributed by atoms with Crippen LogP contribution in [0.15, 0.2) is 42.5 Å². The maximum Gasteiger partial charge on any atom is 0.261 e. The zero-order valence-electron chi connectivity index (χ0n) is 20.0. The predicted molar refractivity (Wildman–Crippen MR) is 129 cm³/mol. The van der Waals surface area contributed by atoms with Crippen molar-refractivity contribution in [3.8, 4) is 5.75 Å². The topological polar surface area (TPSA) is 96.0 Å². The fourth-order valence-corrected chi connectivity index (χ4v) is 4.63. The molecule has 8 nitrogen and oxygen atoms in total. The fourth-order valence-electron chi connectivity index (χ4n) is 4.63. The van der Waals surface area contributed by atoms with Gasteiger partial charge in [0.2, 0.25) is 18.2 Å². The molecule has 2 aromatic carbocycles. The van der Waals surface area contributed by atoms with E-state index in [1.54, 1.807) is 25.1 Å². The van der Waals surface area contributed by atoms with Crippen LogP contribution in [0, 0.1) is 6.92 Å². The van der Waals surface area contributed by atoms with Crippen LogP contribution in [0.1, 0.15) is 59.2 Å². The normalized spacial score (nSPS) is 18.6. The first kappa shape index (κ1) is 24.6. The van der Waals surface area contributed by atoms with Crippen molar-refractivity contribution in [2.45, 2.75) is 58.2 Å². The van der Waals surface area contributed by atoms with Gasteiger partial charge in [-0.3, -0.25) is 34.3 Å². The van der Waals surface area contributed by atoms with Gasteiger partial charge < -0.3 is 4.74 Å². The fraction of sp³-hybridized carbons (Fsp3) is 0.407. The maximum atomic E-state index is 13.1. The third-order valence-corrected chi connectivity index (χ3v) is 6.68. The smallest absolute Gasteiger partial charge is 0.261 e. The quantitative estimate of drug-likeness (QED) is 0.464. The van der Waals surface area contributed by atoms with Crippen LogP contribution < -0.4 is 10.1 Å². The summed E-state index contributed by atoms with van der Waals surface area (Å²) in [5, 5.41) is 2.18. The second-order valence-corrected chi connectivity index (χ2v) is 9.16. The second-order valence-electron chi connectivity index (χ2n) is 9.16. The monoisotopic (exact) mass is 477 g/mol. The minimum atomic E-state index is -1.01. The lowest BCUT2D eigenvalue weighted by Crippen LogP contribution is -2.53. The number of rotatable bonds is 8. The zero-order chi connectivity index (χ0) is 24.8. The Balaban J connectivity index is 1.40. The first-order valence-electron chi connectivity index (χ1n) is 12.1. The summed E-state index contributed by atoms with van der Waals surface area (Å²) in [6.07, 6.45) is 4.39. The van der Waals surface area contributed by atoms with Crippen molar-refractivity contribution in [2.75, 3.05) is 13.1 Å². The molecule has 0 aliphatic carbocycles. The summed E-state index contributed by atoms with van der Waals surface area (Å²) in [6.45, 7) is 5.37. The maximum absolute atomic E-state index is 13.1. The molecule has 0 spiro atoms. The number of likely N-dealkylation sites (tertiary alicyclic amines) is 1. The summed E-state index contributed by atoms with van der Waals surface area (Å²) < 4.78 is 6.00. The van der Waals surface area contributed by atoms with E-state index in [0.717, 1.165) is 30.1 Å². The Morgan fingerprint density at radius 3 is 2.49 bits per heavy atom. The largest absolute Gasteiger partial charge is 0.489 e. The second kappa shape index (κ2) is 11.3. The van der Waals surface area contributed by atoms with E-state index >= 15 is 0 Å². The number of carbonyl (C=O) groups excluding carboxylic acids is 4. The van der Waals surface area contributed by atoms with Gasteiger partial charge in [0.25, 0.3) is 5.91 Å². The number of amides is 4. The molecule has 2 aliphatic heterocycles. The highest BCUT2D eigenvalue weighted by Gasteiger charge is 2.35. The number of piperidine rings is 2. The van der Waals surface area contributed by atoms with Gasteiger partial charge in [-0.15, -0.1) is 0 Å². The van der Waals surface area contributed by atoms with E-state index in [2.05, 4.69) is 34.5 Å². The summed E-state index contributed by atoms with van der Waals surface area (Å²) in [5.74, 6) is -1.12. The average Bonchev–Trinajstić information content (AvgIpc) is 2.86. The van der Waals surface area contributed by atoms with Crippen molar-refractivity contribution >= 4 is 24.1 Å². The van der Waals surface area contributed by atoms with Crippen molar-refractivity contribution in [1.29, 1.82) is 0 Å². The summed E-state index contributed by atoms with van der Waals surface area (Å²) in [7, 11) is 0. The molecule has 0 saturated carbocycles. The van der Waals surface area contributed by atoms with Gasteiger partial charge in [-0.05, 0) is 62.5 Å². The molecule has 2 heterocycles. The molecule has 1 unspecified atom stereocenters. The molecule has 1 atom stereocenters. The highest BCUT2D eigenvalue weighted by atomic mass is 16.5. The predicted octanol–water partition coefficient (Wildman–Crippen LogP) is 2.96. The first-order chi connectivity index (χ1) is 17.0. The number of nitrogens with zero attached hydrogens (tertiary/aromatic N) is 2. The molecule has 1 N–H and O–H groups in total. The summed E-state index contributed by atoms with van der Waals surface area (Å²) in [6, 6.07) is 12.4. The van der Waals surface area contributed by atoms with E-state index in [1.807, 2.05) is 0 Å². The molecule has 8 heteroatoms. The number of imide groups is 2. The lowest BCUT2D eigenvalue weighted by atomic mass is 10.0. The van der Waals surface area contributed by atoms with Crippen LogP contribution in [0.25, 0.3) is 0 Å². The number of carbonyl (C=O) groups is 4. The Labute approximate surface area is 205 Å². The average molecular weight is 478 g/mol. The minimum absolute atomic E-state index is 0.0764. The molecule has 2 aliphatic rings. The van der Waals surface area contributed by atoms with Gasteiger partial charge in [-0.25, -0.2) is 0 Å². The molecule has 35 heavy (non-hydrogen) atoms. The van der Waals surface area contributed by atoms with Gasteiger partial charge in [-0.2, -0.15) is 0 Å². The number of nitrogens with one attached hydrogen (secondary N) is 1. The van der Waals surface area contributed by atoms with Crippen molar-refractivity contribution in [3.05, 3.63) is 64.7 Å². The third kappa shape index (κ3) is 5.95. The number of hydrogen-bond acceptors (Lipinski definition) is 6. The Hall–Kier alpha value is -3.52. The Morgan fingerprint density at radius 1 is 1.09 bits per heavy atom. The van der Waals surface area contributed by atoms with Gasteiger partial charge in [-0.1, -0.05) is 36.8 Å². The summed E-state index contributed by atoms with van der Waals surface area (Å²) >= 11 is 0. The Morgan fingerprint density at radius 2 is 1.80 bits per heavy atom. The van der Waals surface area contributed by atoms with Crippen LogP contribution in [-0.2, 0) is 27.5 Å². The van der Waals surface area contributed by atoms with E-state index in [9.17, 15) is 19.2 Å². The van der Waals surface area contributed by atoms with Gasteiger partial charge in [0.15, 0.2) is 0 Å². The molecule has 2 aromatic rings. The van der Waals surface area contributed by atoms with Crippen molar-refractivity contribution in [1.82, 2.24) is 15.1 Å². The Bertz CT molecular complexity index is 1090. The van der Waals surface area contributed by atoms with Crippen molar-refractivity contribution in [3.63, 3.8) is 0 Å². The van der Waals surface area contributed by atoms with Crippen molar-refractivity contribution < 1.29 is 23.9 Å². The number of benzene rings is 2. The third-order valence-electron chi connectivity index (χ3n) is 6.68. The molecule has 4 amide bonds. The lowest BCUT2D eigenvalue weighted by molar-refractivity contribution is -0.139. The highest BCUT2D eigenvalue weighted by molar-refractivity contribution is 6.07. The van der Waals surface area contributed by atoms with E-state index in [-0.39, 0.29) is 18.4 Å². The molecule has 184 valence electrons. The van der Waals surface area contributed by atoms with Crippen molar-refractivity contribution in [2.24, 2.45) is 0 Å². The van der Waals surface area contributed by atoms with E-state index in [0.29, 0.717) is 24.3 Å². The van der Waals surface area contributed by atoms with Crippen LogP contribution in [-0.4, -0.2) is 53.1 Å². The Kier molecular flexibility index (Phi) is 7.92. The molecular weight excluding hydrogens is 446 g/mol. The van der Waals surface area contributed by atoms with Crippen LogP contribution in [0.4, 0.5) is 0 Å². The summed E-state index contributed by atoms with van der Waals surface area (Å²) in [5.41, 5.74) is 3.15. The highest BCUT2D eigenvalue weighted by Crippen LogP contribution is 2.25. The zero-order valence-corrected chi connectivity index (χ0v) is 20.0. The number of ether oxygens (including phenoxy) is 1. The molecule has 2 saturated heterocycles. The first-order valence-corrected chi connectivity index (χ1v) is 12.1. The van der Waals surface area contributed by atoms with E-state index in [4.69, 9.17) is 4.74 Å². The minimum Gasteiger partial charge on any atom is -0.489 e. The SMILES string of the molecule is Cc1c(OCc2ccc(CN3CCCCC3)cc2)cccc1C(=O)N(C=O)C1CCC(=O)NC1=O. The molecule has 0 bridgehead atoms. The van der Waals surface area contributed by atoms with E-state index in [1.165, 1.54) is 24.8 Å². The summed E-state index contributed by atoms with van der Waals surface area (Å²) in [4.78, 5) is 51.8. The van der Waals surface area contributed by atoms with Gasteiger partial charge in [0.05, 0.1) is 0 Å². The van der Waals surface area contributed by atoms with Crippen LogP contribution >= 0.6 is 0 Å². The van der Waals surface area contributed by atoms with Gasteiger partial charge in [0, 0.05) is 24.1 Å². The van der Waals surface area contributed by atoms with Crippen LogP contribution in [0.2, 0.25) is 0 Å². The molecule has 0 aromatic heterocycles. The van der Waals surface area contributed by atoms with Gasteiger partial charge in [0.1, 0.15) is 18.4 Å². The van der Waals surface area contributed by atoms with Crippen LogP contribution in [0.5, 0.6) is 5.75 Å². The van der Waals surface area contributed by atoms with E-state index < -0.39 is 23.8 Å².